The van der Waals surface area contributed by atoms with Crippen molar-refractivity contribution in [2.75, 3.05) is 26.7 Å². The van der Waals surface area contributed by atoms with Crippen LogP contribution in [0.25, 0.3) is 0 Å². The minimum absolute atomic E-state index is 0. The van der Waals surface area contributed by atoms with E-state index in [2.05, 4.69) is 43.9 Å². The SMILES string of the molecule is CCN1CCC(C)(c2cccc(OC)c2)C(C)C1.Cl. The lowest BCUT2D eigenvalue weighted by Gasteiger charge is -2.45. The number of nitrogens with zero attached hydrogens (tertiary/aromatic N) is 1. The first-order valence-electron chi connectivity index (χ1n) is 6.97. The first-order chi connectivity index (χ1) is 8.60. The van der Waals surface area contributed by atoms with Crippen LogP contribution >= 0.6 is 12.4 Å². The number of benzene rings is 1. The Kier molecular flexibility index (Phi) is 5.69. The second kappa shape index (κ2) is 6.62. The van der Waals surface area contributed by atoms with Gasteiger partial charge in [0.15, 0.2) is 0 Å². The van der Waals surface area contributed by atoms with Crippen molar-refractivity contribution in [1.82, 2.24) is 4.90 Å². The van der Waals surface area contributed by atoms with E-state index in [1.54, 1.807) is 7.11 Å². The van der Waals surface area contributed by atoms with Gasteiger partial charge in [-0.1, -0.05) is 32.9 Å². The van der Waals surface area contributed by atoms with Gasteiger partial charge in [-0.15, -0.1) is 12.4 Å². The summed E-state index contributed by atoms with van der Waals surface area (Å²) in [6.45, 7) is 10.6. The van der Waals surface area contributed by atoms with Gasteiger partial charge in [0.25, 0.3) is 0 Å². The summed E-state index contributed by atoms with van der Waals surface area (Å²) in [6.07, 6.45) is 1.23. The standard InChI is InChI=1S/C16H25NO.ClH/c1-5-17-10-9-16(3,13(2)12-17)14-7-6-8-15(11-14)18-4;/h6-8,11,13H,5,9-10,12H2,1-4H3;1H. The Morgan fingerprint density at radius 1 is 1.42 bits per heavy atom. The van der Waals surface area contributed by atoms with Gasteiger partial charge in [0.05, 0.1) is 7.11 Å². The number of halogens is 1. The van der Waals surface area contributed by atoms with Crippen molar-refractivity contribution in [1.29, 1.82) is 0 Å². The molecule has 0 bridgehead atoms. The van der Waals surface area contributed by atoms with E-state index in [1.165, 1.54) is 31.6 Å². The van der Waals surface area contributed by atoms with Crippen molar-refractivity contribution in [2.24, 2.45) is 5.92 Å². The molecule has 19 heavy (non-hydrogen) atoms. The van der Waals surface area contributed by atoms with Crippen LogP contribution in [-0.2, 0) is 5.41 Å². The Morgan fingerprint density at radius 3 is 2.74 bits per heavy atom. The fourth-order valence-corrected chi connectivity index (χ4v) is 3.01. The maximum atomic E-state index is 5.36. The van der Waals surface area contributed by atoms with Crippen molar-refractivity contribution >= 4 is 12.4 Å². The highest BCUT2D eigenvalue weighted by Gasteiger charge is 2.37. The maximum Gasteiger partial charge on any atom is 0.119 e. The molecule has 0 saturated carbocycles. The van der Waals surface area contributed by atoms with E-state index < -0.39 is 0 Å². The van der Waals surface area contributed by atoms with Gasteiger partial charge < -0.3 is 9.64 Å². The second-order valence-electron chi connectivity index (χ2n) is 5.69. The molecule has 2 atom stereocenters. The van der Waals surface area contributed by atoms with Crippen molar-refractivity contribution < 1.29 is 4.74 Å². The summed E-state index contributed by atoms with van der Waals surface area (Å²) in [4.78, 5) is 2.55. The van der Waals surface area contributed by atoms with Crippen LogP contribution < -0.4 is 4.74 Å². The third-order valence-corrected chi connectivity index (χ3v) is 4.74. The lowest BCUT2D eigenvalue weighted by Crippen LogP contribution is -2.47. The van der Waals surface area contributed by atoms with E-state index in [9.17, 15) is 0 Å². The lowest BCUT2D eigenvalue weighted by atomic mass is 9.68. The van der Waals surface area contributed by atoms with Crippen LogP contribution in [-0.4, -0.2) is 31.6 Å². The molecule has 0 amide bonds. The van der Waals surface area contributed by atoms with Crippen LogP contribution in [0.2, 0.25) is 0 Å². The molecule has 2 nitrogen and oxygen atoms in total. The molecule has 0 N–H and O–H groups in total. The molecule has 1 aliphatic heterocycles. The molecule has 2 unspecified atom stereocenters. The average molecular weight is 284 g/mol. The Labute approximate surface area is 123 Å². The third kappa shape index (κ3) is 3.24. The van der Waals surface area contributed by atoms with Crippen LogP contribution in [0.3, 0.4) is 0 Å². The van der Waals surface area contributed by atoms with E-state index in [1.807, 2.05) is 6.07 Å². The van der Waals surface area contributed by atoms with Gasteiger partial charge in [-0.2, -0.15) is 0 Å². The highest BCUT2D eigenvalue weighted by atomic mass is 35.5. The first kappa shape index (κ1) is 16.3. The van der Waals surface area contributed by atoms with E-state index in [0.29, 0.717) is 5.92 Å². The quantitative estimate of drug-likeness (QED) is 0.838. The highest BCUT2D eigenvalue weighted by Crippen LogP contribution is 2.40. The molecule has 0 aromatic heterocycles. The monoisotopic (exact) mass is 283 g/mol. The molecule has 1 aromatic carbocycles. The zero-order chi connectivity index (χ0) is 13.2. The zero-order valence-electron chi connectivity index (χ0n) is 12.5. The van der Waals surface area contributed by atoms with E-state index >= 15 is 0 Å². The third-order valence-electron chi connectivity index (χ3n) is 4.74. The minimum atomic E-state index is 0. The molecular weight excluding hydrogens is 258 g/mol. The summed E-state index contributed by atoms with van der Waals surface area (Å²) in [5.41, 5.74) is 1.70. The van der Waals surface area contributed by atoms with Crippen molar-refractivity contribution in [3.8, 4) is 5.75 Å². The molecule has 1 fully saturated rings. The minimum Gasteiger partial charge on any atom is -0.497 e. The molecule has 2 rings (SSSR count). The number of hydrogen-bond acceptors (Lipinski definition) is 2. The van der Waals surface area contributed by atoms with Gasteiger partial charge in [0.1, 0.15) is 5.75 Å². The maximum absolute atomic E-state index is 5.36. The van der Waals surface area contributed by atoms with Crippen LogP contribution in [0.1, 0.15) is 32.8 Å². The number of rotatable bonds is 3. The smallest absolute Gasteiger partial charge is 0.119 e. The zero-order valence-corrected chi connectivity index (χ0v) is 13.3. The first-order valence-corrected chi connectivity index (χ1v) is 6.97. The molecule has 1 saturated heterocycles. The average Bonchev–Trinajstić information content (AvgIpc) is 2.42. The molecule has 1 aromatic rings. The van der Waals surface area contributed by atoms with Gasteiger partial charge in [0, 0.05) is 6.54 Å². The van der Waals surface area contributed by atoms with Crippen molar-refractivity contribution in [2.45, 2.75) is 32.6 Å². The summed E-state index contributed by atoms with van der Waals surface area (Å²) >= 11 is 0. The Morgan fingerprint density at radius 2 is 2.16 bits per heavy atom. The summed E-state index contributed by atoms with van der Waals surface area (Å²) in [5.74, 6) is 1.65. The topological polar surface area (TPSA) is 12.5 Å². The Hall–Kier alpha value is -0.730. The predicted molar refractivity (Wildman–Crippen MR) is 83.5 cm³/mol. The summed E-state index contributed by atoms with van der Waals surface area (Å²) < 4.78 is 5.36. The molecule has 0 spiro atoms. The lowest BCUT2D eigenvalue weighted by molar-refractivity contribution is 0.116. The van der Waals surface area contributed by atoms with Crippen LogP contribution in [0.5, 0.6) is 5.75 Å². The Bertz CT molecular complexity index is 409. The van der Waals surface area contributed by atoms with E-state index in [0.717, 1.165) is 5.75 Å². The highest BCUT2D eigenvalue weighted by molar-refractivity contribution is 5.85. The predicted octanol–water partition coefficient (Wildman–Crippen LogP) is 3.74. The molecule has 108 valence electrons. The Balaban J connectivity index is 0.00000180. The van der Waals surface area contributed by atoms with Crippen LogP contribution in [0.15, 0.2) is 24.3 Å². The van der Waals surface area contributed by atoms with Gasteiger partial charge in [0.2, 0.25) is 0 Å². The molecule has 1 aliphatic rings. The number of likely N-dealkylation sites (tertiary alicyclic amines) is 1. The van der Waals surface area contributed by atoms with Crippen molar-refractivity contribution in [3.63, 3.8) is 0 Å². The van der Waals surface area contributed by atoms with Gasteiger partial charge in [-0.3, -0.25) is 0 Å². The molecule has 0 aliphatic carbocycles. The van der Waals surface area contributed by atoms with Gasteiger partial charge in [-0.05, 0) is 48.5 Å². The number of piperidine rings is 1. The summed E-state index contributed by atoms with van der Waals surface area (Å²) in [6, 6.07) is 8.59. The van der Waals surface area contributed by atoms with E-state index in [-0.39, 0.29) is 17.8 Å². The van der Waals surface area contributed by atoms with E-state index in [4.69, 9.17) is 4.74 Å². The number of methoxy groups -OCH3 is 1. The fraction of sp³-hybridized carbons (Fsp3) is 0.625. The molecule has 0 radical (unpaired) electrons. The molecule has 3 heteroatoms. The second-order valence-corrected chi connectivity index (χ2v) is 5.69. The summed E-state index contributed by atoms with van der Waals surface area (Å²) in [5, 5.41) is 0. The van der Waals surface area contributed by atoms with Crippen molar-refractivity contribution in [3.05, 3.63) is 29.8 Å². The normalized spacial score (nSPS) is 27.7. The number of hydrogen-bond donors (Lipinski definition) is 0. The van der Waals surface area contributed by atoms with Crippen LogP contribution in [0.4, 0.5) is 0 Å². The summed E-state index contributed by atoms with van der Waals surface area (Å²) in [7, 11) is 1.74. The fourth-order valence-electron chi connectivity index (χ4n) is 3.01. The largest absolute Gasteiger partial charge is 0.497 e. The van der Waals surface area contributed by atoms with Gasteiger partial charge >= 0.3 is 0 Å². The molecule has 1 heterocycles. The number of ether oxygens (including phenoxy) is 1. The molecular formula is C16H26ClNO. The van der Waals surface area contributed by atoms with Crippen LogP contribution in [0, 0.1) is 5.92 Å². The van der Waals surface area contributed by atoms with Gasteiger partial charge in [-0.25, -0.2) is 0 Å².